The third-order valence-electron chi connectivity index (χ3n) is 4.62. The van der Waals surface area contributed by atoms with Gasteiger partial charge >= 0.3 is 0 Å². The highest BCUT2D eigenvalue weighted by Crippen LogP contribution is 2.31. The third-order valence-corrected chi connectivity index (χ3v) is 4.62. The molecular weight excluding hydrogens is 271 g/mol. The summed E-state index contributed by atoms with van der Waals surface area (Å²) in [6.07, 6.45) is 1.64. The molecular formula is C16H21FN2O2. The van der Waals surface area contributed by atoms with E-state index in [1.54, 1.807) is 19.1 Å². The Labute approximate surface area is 124 Å². The molecule has 2 fully saturated rings. The molecule has 0 saturated carbocycles. The van der Waals surface area contributed by atoms with Crippen molar-refractivity contribution in [2.45, 2.75) is 38.3 Å². The molecule has 1 aromatic carbocycles. The summed E-state index contributed by atoms with van der Waals surface area (Å²) in [6.45, 7) is 3.15. The summed E-state index contributed by atoms with van der Waals surface area (Å²) in [4.78, 5) is 13.5. The predicted octanol–water partition coefficient (Wildman–Crippen LogP) is 1.98. The first-order chi connectivity index (χ1) is 10.0. The zero-order valence-corrected chi connectivity index (χ0v) is 12.2. The fourth-order valence-corrected chi connectivity index (χ4v) is 3.37. The molecule has 3 atom stereocenters. The lowest BCUT2D eigenvalue weighted by atomic mass is 9.85. The molecule has 2 aliphatic rings. The molecule has 21 heavy (non-hydrogen) atoms. The van der Waals surface area contributed by atoms with E-state index in [-0.39, 0.29) is 17.8 Å². The lowest BCUT2D eigenvalue weighted by molar-refractivity contribution is -0.124. The van der Waals surface area contributed by atoms with Crippen LogP contribution in [0, 0.1) is 11.7 Å². The molecule has 0 aromatic heterocycles. The van der Waals surface area contributed by atoms with Crippen molar-refractivity contribution in [3.05, 3.63) is 29.6 Å². The van der Waals surface area contributed by atoms with E-state index in [9.17, 15) is 14.3 Å². The Balaban J connectivity index is 1.75. The van der Waals surface area contributed by atoms with Crippen LogP contribution in [-0.4, -0.2) is 30.1 Å². The number of aliphatic hydroxyl groups is 1. The van der Waals surface area contributed by atoms with Gasteiger partial charge < -0.3 is 15.3 Å². The number of nitrogens with one attached hydrogen (secondary N) is 1. The Hall–Kier alpha value is -1.62. The van der Waals surface area contributed by atoms with Crippen molar-refractivity contribution < 1.29 is 14.3 Å². The van der Waals surface area contributed by atoms with Gasteiger partial charge in [-0.05, 0) is 43.4 Å². The Kier molecular flexibility index (Phi) is 3.85. The van der Waals surface area contributed by atoms with E-state index in [2.05, 4.69) is 10.2 Å². The van der Waals surface area contributed by atoms with Crippen molar-refractivity contribution in [3.63, 3.8) is 0 Å². The average Bonchev–Trinajstić information content (AvgIpc) is 2.46. The van der Waals surface area contributed by atoms with Crippen molar-refractivity contribution >= 4 is 11.6 Å². The van der Waals surface area contributed by atoms with Gasteiger partial charge in [0.1, 0.15) is 5.82 Å². The van der Waals surface area contributed by atoms with Crippen LogP contribution in [0.2, 0.25) is 0 Å². The second kappa shape index (κ2) is 5.64. The Morgan fingerprint density at radius 3 is 2.95 bits per heavy atom. The van der Waals surface area contributed by atoms with E-state index >= 15 is 0 Å². The van der Waals surface area contributed by atoms with Gasteiger partial charge in [0.15, 0.2) is 0 Å². The largest absolute Gasteiger partial charge is 0.389 e. The highest BCUT2D eigenvalue weighted by atomic mass is 19.1. The van der Waals surface area contributed by atoms with Crippen LogP contribution < -0.4 is 10.2 Å². The summed E-state index contributed by atoms with van der Waals surface area (Å²) in [5.41, 5.74) is 1.19. The smallest absolute Gasteiger partial charge is 0.220 e. The SMILES string of the molecule is CC(O)c1ccc(N2CCC3NC(=O)CCC3C2)c(F)c1. The monoisotopic (exact) mass is 292 g/mol. The molecule has 4 nitrogen and oxygen atoms in total. The van der Waals surface area contributed by atoms with E-state index < -0.39 is 6.10 Å². The van der Waals surface area contributed by atoms with Crippen LogP contribution in [-0.2, 0) is 4.79 Å². The van der Waals surface area contributed by atoms with Crippen LogP contribution in [0.5, 0.6) is 0 Å². The molecule has 0 aliphatic carbocycles. The maximum atomic E-state index is 14.3. The molecule has 2 N–H and O–H groups in total. The van der Waals surface area contributed by atoms with Gasteiger partial charge in [0.2, 0.25) is 5.91 Å². The Morgan fingerprint density at radius 1 is 1.43 bits per heavy atom. The lowest BCUT2D eigenvalue weighted by Gasteiger charge is -2.42. The maximum Gasteiger partial charge on any atom is 0.220 e. The minimum absolute atomic E-state index is 0.136. The molecule has 3 rings (SSSR count). The van der Waals surface area contributed by atoms with E-state index in [4.69, 9.17) is 0 Å². The molecule has 1 amide bonds. The molecule has 2 saturated heterocycles. The number of aliphatic hydroxyl groups excluding tert-OH is 1. The zero-order valence-electron chi connectivity index (χ0n) is 12.2. The van der Waals surface area contributed by atoms with Crippen molar-refractivity contribution in [2.24, 2.45) is 5.92 Å². The maximum absolute atomic E-state index is 14.3. The molecule has 114 valence electrons. The van der Waals surface area contributed by atoms with Crippen molar-refractivity contribution in [1.29, 1.82) is 0 Å². The summed E-state index contributed by atoms with van der Waals surface area (Å²) in [7, 11) is 0. The number of halogens is 1. The van der Waals surface area contributed by atoms with Gasteiger partial charge in [-0.3, -0.25) is 4.79 Å². The highest BCUT2D eigenvalue weighted by molar-refractivity contribution is 5.77. The van der Waals surface area contributed by atoms with E-state index in [0.29, 0.717) is 23.6 Å². The predicted molar refractivity (Wildman–Crippen MR) is 78.5 cm³/mol. The zero-order chi connectivity index (χ0) is 15.0. The minimum atomic E-state index is -0.659. The van der Waals surface area contributed by atoms with Gasteiger partial charge in [-0.1, -0.05) is 6.07 Å². The first-order valence-electron chi connectivity index (χ1n) is 7.56. The highest BCUT2D eigenvalue weighted by Gasteiger charge is 2.34. The number of carbonyl (C=O) groups excluding carboxylic acids is 1. The van der Waals surface area contributed by atoms with Crippen LogP contribution in [0.1, 0.15) is 37.9 Å². The third kappa shape index (κ3) is 2.88. The van der Waals surface area contributed by atoms with Crippen molar-refractivity contribution in [3.8, 4) is 0 Å². The fraction of sp³-hybridized carbons (Fsp3) is 0.562. The number of fused-ring (bicyclic) bond motifs is 1. The number of amides is 1. The Bertz CT molecular complexity index is 547. The number of hydrogen-bond acceptors (Lipinski definition) is 3. The van der Waals surface area contributed by atoms with Crippen molar-refractivity contribution in [1.82, 2.24) is 5.32 Å². The number of hydrogen-bond donors (Lipinski definition) is 2. The summed E-state index contributed by atoms with van der Waals surface area (Å²) < 4.78 is 14.3. The number of rotatable bonds is 2. The van der Waals surface area contributed by atoms with Crippen LogP contribution in [0.25, 0.3) is 0 Å². The van der Waals surface area contributed by atoms with Gasteiger partial charge in [-0.15, -0.1) is 0 Å². The van der Waals surface area contributed by atoms with Gasteiger partial charge in [0.05, 0.1) is 11.8 Å². The van der Waals surface area contributed by atoms with Crippen LogP contribution >= 0.6 is 0 Å². The van der Waals surface area contributed by atoms with Crippen molar-refractivity contribution in [2.75, 3.05) is 18.0 Å². The standard InChI is InChI=1S/C16H21FN2O2/c1-10(20)11-2-4-15(13(17)8-11)19-7-6-14-12(9-19)3-5-16(21)18-14/h2,4,8,10,12,14,20H,3,5-7,9H2,1H3,(H,18,21). The average molecular weight is 292 g/mol. The van der Waals surface area contributed by atoms with E-state index in [1.807, 2.05) is 0 Å². The minimum Gasteiger partial charge on any atom is -0.389 e. The quantitative estimate of drug-likeness (QED) is 0.876. The number of nitrogens with zero attached hydrogens (tertiary/aromatic N) is 1. The van der Waals surface area contributed by atoms with Gasteiger partial charge in [-0.2, -0.15) is 0 Å². The van der Waals surface area contributed by atoms with Crippen LogP contribution in [0.3, 0.4) is 0 Å². The molecule has 2 aliphatic heterocycles. The molecule has 1 aromatic rings. The normalized spacial score (nSPS) is 27.0. The van der Waals surface area contributed by atoms with Crippen LogP contribution in [0.15, 0.2) is 18.2 Å². The summed E-state index contributed by atoms with van der Waals surface area (Å²) in [6, 6.07) is 5.17. The molecule has 0 radical (unpaired) electrons. The first kappa shape index (κ1) is 14.3. The molecule has 3 unspecified atom stereocenters. The van der Waals surface area contributed by atoms with Gasteiger partial charge in [-0.25, -0.2) is 4.39 Å². The number of anilines is 1. The molecule has 0 bridgehead atoms. The number of carbonyl (C=O) groups is 1. The van der Waals surface area contributed by atoms with E-state index in [0.717, 1.165) is 25.9 Å². The molecule has 5 heteroatoms. The number of benzene rings is 1. The number of piperidine rings is 2. The fourth-order valence-electron chi connectivity index (χ4n) is 3.37. The van der Waals surface area contributed by atoms with E-state index in [1.165, 1.54) is 6.07 Å². The van der Waals surface area contributed by atoms with Crippen LogP contribution in [0.4, 0.5) is 10.1 Å². The van der Waals surface area contributed by atoms with Gasteiger partial charge in [0, 0.05) is 25.6 Å². The lowest BCUT2D eigenvalue weighted by Crippen LogP contribution is -2.54. The second-order valence-electron chi connectivity index (χ2n) is 6.09. The van der Waals surface area contributed by atoms with Gasteiger partial charge in [0.25, 0.3) is 0 Å². The summed E-state index contributed by atoms with van der Waals surface area (Å²) in [5.74, 6) is 0.246. The summed E-state index contributed by atoms with van der Waals surface area (Å²) >= 11 is 0. The first-order valence-corrected chi connectivity index (χ1v) is 7.56. The topological polar surface area (TPSA) is 52.6 Å². The summed E-state index contributed by atoms with van der Waals surface area (Å²) in [5, 5.41) is 12.5. The molecule has 0 spiro atoms. The second-order valence-corrected chi connectivity index (χ2v) is 6.09. The molecule has 2 heterocycles. The Morgan fingerprint density at radius 2 is 2.24 bits per heavy atom.